The highest BCUT2D eigenvalue weighted by Crippen LogP contribution is 2.27. The smallest absolute Gasteiger partial charge is 0.306 e. The predicted octanol–water partition coefficient (Wildman–Crippen LogP) is 3.36. The average molecular weight is 363 g/mol. The number of ether oxygens (including phenoxy) is 1. The number of carbonyl (C=O) groups excluding carboxylic acids is 2. The maximum atomic E-state index is 11.8. The molecule has 2 aromatic rings. The standard InChI is InChI=1S/C17H15ClN2O5/c18-13-7-8-14(15(10-13)20(23)24)19-16(21)11-25-17(22)9-6-12-4-2-1-3-5-12/h1-5,7-8,10H,6,9,11H2,(H,19,21). The van der Waals surface area contributed by atoms with Crippen molar-refractivity contribution in [1.82, 2.24) is 0 Å². The molecule has 7 nitrogen and oxygen atoms in total. The van der Waals surface area contributed by atoms with E-state index in [-0.39, 0.29) is 22.8 Å². The van der Waals surface area contributed by atoms with Gasteiger partial charge in [-0.3, -0.25) is 19.7 Å². The summed E-state index contributed by atoms with van der Waals surface area (Å²) in [6.45, 7) is -0.520. The van der Waals surface area contributed by atoms with Crippen LogP contribution >= 0.6 is 11.6 Å². The lowest BCUT2D eigenvalue weighted by atomic mass is 10.1. The summed E-state index contributed by atoms with van der Waals surface area (Å²) in [5.41, 5.74) is 0.636. The maximum absolute atomic E-state index is 11.8. The lowest BCUT2D eigenvalue weighted by Gasteiger charge is -2.07. The van der Waals surface area contributed by atoms with Gasteiger partial charge in [-0.2, -0.15) is 0 Å². The van der Waals surface area contributed by atoms with Crippen molar-refractivity contribution in [3.05, 3.63) is 69.2 Å². The number of rotatable bonds is 7. The number of anilines is 1. The van der Waals surface area contributed by atoms with Crippen molar-refractivity contribution in [2.45, 2.75) is 12.8 Å². The molecule has 0 atom stereocenters. The monoisotopic (exact) mass is 362 g/mol. The summed E-state index contributed by atoms with van der Waals surface area (Å²) in [6.07, 6.45) is 0.641. The lowest BCUT2D eigenvalue weighted by Crippen LogP contribution is -2.21. The summed E-state index contributed by atoms with van der Waals surface area (Å²) in [5.74, 6) is -1.19. The normalized spacial score (nSPS) is 10.1. The van der Waals surface area contributed by atoms with E-state index in [0.717, 1.165) is 11.6 Å². The Hall–Kier alpha value is -2.93. The van der Waals surface area contributed by atoms with E-state index in [2.05, 4.69) is 5.32 Å². The van der Waals surface area contributed by atoms with Crippen molar-refractivity contribution < 1.29 is 19.2 Å². The van der Waals surface area contributed by atoms with Crippen LogP contribution in [0.2, 0.25) is 5.02 Å². The van der Waals surface area contributed by atoms with Gasteiger partial charge in [0.25, 0.3) is 11.6 Å². The number of benzene rings is 2. The number of nitro benzene ring substituents is 1. The van der Waals surface area contributed by atoms with Gasteiger partial charge in [-0.05, 0) is 24.1 Å². The van der Waals surface area contributed by atoms with E-state index < -0.39 is 23.4 Å². The zero-order valence-corrected chi connectivity index (χ0v) is 13.9. The van der Waals surface area contributed by atoms with E-state index in [0.29, 0.717) is 6.42 Å². The third kappa shape index (κ3) is 5.89. The Morgan fingerprint density at radius 3 is 2.56 bits per heavy atom. The van der Waals surface area contributed by atoms with Gasteiger partial charge in [0.1, 0.15) is 5.69 Å². The van der Waals surface area contributed by atoms with Crippen LogP contribution in [0.1, 0.15) is 12.0 Å². The second-order valence-electron chi connectivity index (χ2n) is 5.11. The fraction of sp³-hybridized carbons (Fsp3) is 0.176. The first kappa shape index (κ1) is 18.4. The van der Waals surface area contributed by atoms with Gasteiger partial charge < -0.3 is 10.1 Å². The van der Waals surface area contributed by atoms with Crippen molar-refractivity contribution in [3.8, 4) is 0 Å². The van der Waals surface area contributed by atoms with Gasteiger partial charge in [-0.1, -0.05) is 41.9 Å². The van der Waals surface area contributed by atoms with Crippen LogP contribution in [-0.2, 0) is 20.7 Å². The molecular formula is C17H15ClN2O5. The molecular weight excluding hydrogens is 348 g/mol. The maximum Gasteiger partial charge on any atom is 0.306 e. The van der Waals surface area contributed by atoms with Gasteiger partial charge in [0.05, 0.1) is 4.92 Å². The summed E-state index contributed by atoms with van der Waals surface area (Å²) in [7, 11) is 0. The number of nitrogens with zero attached hydrogens (tertiary/aromatic N) is 1. The first-order valence-electron chi connectivity index (χ1n) is 7.39. The second kappa shape index (κ2) is 8.79. The predicted molar refractivity (Wildman–Crippen MR) is 92.5 cm³/mol. The van der Waals surface area contributed by atoms with Crippen LogP contribution in [0.3, 0.4) is 0 Å². The minimum atomic E-state index is -0.668. The lowest BCUT2D eigenvalue weighted by molar-refractivity contribution is -0.383. The number of esters is 1. The Bertz CT molecular complexity index is 780. The van der Waals surface area contributed by atoms with Crippen LogP contribution in [0.25, 0.3) is 0 Å². The molecule has 0 heterocycles. The Morgan fingerprint density at radius 2 is 1.88 bits per heavy atom. The highest BCUT2D eigenvalue weighted by molar-refractivity contribution is 6.31. The second-order valence-corrected chi connectivity index (χ2v) is 5.55. The molecule has 0 aliphatic carbocycles. The average Bonchev–Trinajstić information content (AvgIpc) is 2.60. The molecule has 1 N–H and O–H groups in total. The van der Waals surface area contributed by atoms with E-state index in [4.69, 9.17) is 16.3 Å². The summed E-state index contributed by atoms with van der Waals surface area (Å²) in [6, 6.07) is 13.2. The highest BCUT2D eigenvalue weighted by Gasteiger charge is 2.17. The summed E-state index contributed by atoms with van der Waals surface area (Å²) in [5, 5.41) is 13.5. The van der Waals surface area contributed by atoms with E-state index in [1.54, 1.807) is 0 Å². The number of nitrogens with one attached hydrogen (secondary N) is 1. The molecule has 8 heteroatoms. The molecule has 0 bridgehead atoms. The van der Waals surface area contributed by atoms with Gasteiger partial charge >= 0.3 is 5.97 Å². The topological polar surface area (TPSA) is 98.5 Å². The molecule has 0 spiro atoms. The molecule has 0 unspecified atom stereocenters. The molecule has 0 aliphatic heterocycles. The zero-order chi connectivity index (χ0) is 18.2. The van der Waals surface area contributed by atoms with Gasteiger partial charge in [0, 0.05) is 17.5 Å². The van der Waals surface area contributed by atoms with E-state index in [9.17, 15) is 19.7 Å². The molecule has 0 saturated heterocycles. The van der Waals surface area contributed by atoms with Crippen LogP contribution in [0.15, 0.2) is 48.5 Å². The molecule has 130 valence electrons. The summed E-state index contributed by atoms with van der Waals surface area (Å²) < 4.78 is 4.87. The van der Waals surface area contributed by atoms with Gasteiger partial charge in [-0.25, -0.2) is 0 Å². The van der Waals surface area contributed by atoms with Crippen LogP contribution in [0, 0.1) is 10.1 Å². The SMILES string of the molecule is O=C(COC(=O)CCc1ccccc1)Nc1ccc(Cl)cc1[N+](=O)[O-]. The first-order chi connectivity index (χ1) is 12.0. The van der Waals surface area contributed by atoms with Crippen molar-refractivity contribution in [2.75, 3.05) is 11.9 Å². The Balaban J connectivity index is 1.82. The van der Waals surface area contributed by atoms with Gasteiger partial charge in [-0.15, -0.1) is 0 Å². The van der Waals surface area contributed by atoms with Crippen molar-refractivity contribution in [2.24, 2.45) is 0 Å². The number of nitro groups is 1. The molecule has 0 radical (unpaired) electrons. The largest absolute Gasteiger partial charge is 0.456 e. The van der Waals surface area contributed by atoms with Crippen LogP contribution in [-0.4, -0.2) is 23.4 Å². The Kier molecular flexibility index (Phi) is 6.47. The fourth-order valence-electron chi connectivity index (χ4n) is 2.06. The number of amides is 1. The number of carbonyl (C=O) groups is 2. The molecule has 0 aromatic heterocycles. The number of hydrogen-bond acceptors (Lipinski definition) is 5. The summed E-state index contributed by atoms with van der Waals surface area (Å²) in [4.78, 5) is 33.8. The third-order valence-electron chi connectivity index (χ3n) is 3.26. The molecule has 25 heavy (non-hydrogen) atoms. The van der Waals surface area contributed by atoms with Crippen LogP contribution in [0.4, 0.5) is 11.4 Å². The number of hydrogen-bond donors (Lipinski definition) is 1. The van der Waals surface area contributed by atoms with Gasteiger partial charge in [0.2, 0.25) is 0 Å². The first-order valence-corrected chi connectivity index (χ1v) is 7.77. The van der Waals surface area contributed by atoms with Crippen LogP contribution in [0.5, 0.6) is 0 Å². The molecule has 2 rings (SSSR count). The van der Waals surface area contributed by atoms with Crippen molar-refractivity contribution >= 4 is 34.9 Å². The Morgan fingerprint density at radius 1 is 1.16 bits per heavy atom. The third-order valence-corrected chi connectivity index (χ3v) is 3.49. The van der Waals surface area contributed by atoms with Crippen LogP contribution < -0.4 is 5.32 Å². The minimum Gasteiger partial charge on any atom is -0.456 e. The molecule has 0 saturated carbocycles. The van der Waals surface area contributed by atoms with E-state index in [1.807, 2.05) is 30.3 Å². The molecule has 2 aromatic carbocycles. The van der Waals surface area contributed by atoms with Gasteiger partial charge in [0.15, 0.2) is 6.61 Å². The fourth-order valence-corrected chi connectivity index (χ4v) is 2.22. The highest BCUT2D eigenvalue weighted by atomic mass is 35.5. The van der Waals surface area contributed by atoms with E-state index >= 15 is 0 Å². The van der Waals surface area contributed by atoms with Crippen molar-refractivity contribution in [1.29, 1.82) is 0 Å². The quantitative estimate of drug-likeness (QED) is 0.462. The molecule has 1 amide bonds. The molecule has 0 fully saturated rings. The number of aryl methyl sites for hydroxylation is 1. The van der Waals surface area contributed by atoms with E-state index in [1.165, 1.54) is 12.1 Å². The molecule has 0 aliphatic rings. The zero-order valence-electron chi connectivity index (χ0n) is 13.1. The number of halogens is 1. The van der Waals surface area contributed by atoms with Crippen molar-refractivity contribution in [3.63, 3.8) is 0 Å². The minimum absolute atomic E-state index is 0.0141. The summed E-state index contributed by atoms with van der Waals surface area (Å²) >= 11 is 5.70. The Labute approximate surface area is 148 Å².